The maximum absolute atomic E-state index is 12.9. The number of hydrogen-bond donors (Lipinski definition) is 0. The number of nitrogens with zero attached hydrogens (tertiary/aromatic N) is 3. The van der Waals surface area contributed by atoms with Gasteiger partial charge in [0.25, 0.3) is 5.91 Å². The molecule has 1 fully saturated rings. The zero-order valence-corrected chi connectivity index (χ0v) is 17.7. The first-order valence-electron chi connectivity index (χ1n) is 8.83. The lowest BCUT2D eigenvalue weighted by atomic mass is 10.1. The molecule has 0 aliphatic carbocycles. The lowest BCUT2D eigenvalue weighted by Crippen LogP contribution is -2.48. The molecule has 27 heavy (non-hydrogen) atoms. The van der Waals surface area contributed by atoms with Crippen LogP contribution < -0.4 is 4.90 Å². The van der Waals surface area contributed by atoms with E-state index in [1.807, 2.05) is 6.07 Å². The molecular formula is C19H25N3O3S2. The van der Waals surface area contributed by atoms with Gasteiger partial charge in [-0.2, -0.15) is 4.31 Å². The van der Waals surface area contributed by atoms with Gasteiger partial charge in [-0.25, -0.2) is 8.42 Å². The van der Waals surface area contributed by atoms with Crippen molar-refractivity contribution in [2.45, 2.75) is 18.7 Å². The van der Waals surface area contributed by atoms with Crippen LogP contribution in [0.15, 0.2) is 34.5 Å². The van der Waals surface area contributed by atoms with Gasteiger partial charge in [-0.15, -0.1) is 11.3 Å². The Morgan fingerprint density at radius 1 is 1.11 bits per heavy atom. The lowest BCUT2D eigenvalue weighted by Gasteiger charge is -2.36. The van der Waals surface area contributed by atoms with Gasteiger partial charge in [0.1, 0.15) is 0 Å². The fourth-order valence-electron chi connectivity index (χ4n) is 3.18. The molecule has 0 radical (unpaired) electrons. The predicted molar refractivity (Wildman–Crippen MR) is 109 cm³/mol. The minimum Gasteiger partial charge on any atom is -0.369 e. The number of amides is 1. The molecule has 146 valence electrons. The highest BCUT2D eigenvalue weighted by Gasteiger charge is 2.30. The Hall–Kier alpha value is -1.90. The van der Waals surface area contributed by atoms with Crippen LogP contribution in [0.2, 0.25) is 0 Å². The summed E-state index contributed by atoms with van der Waals surface area (Å²) in [6.45, 7) is 6.35. The molecule has 6 nitrogen and oxygen atoms in total. The van der Waals surface area contributed by atoms with Crippen LogP contribution >= 0.6 is 11.3 Å². The number of benzene rings is 1. The van der Waals surface area contributed by atoms with Gasteiger partial charge < -0.3 is 9.80 Å². The fourth-order valence-corrected chi connectivity index (χ4v) is 5.89. The average Bonchev–Trinajstić information content (AvgIpc) is 3.14. The predicted octanol–water partition coefficient (Wildman–Crippen LogP) is 2.58. The summed E-state index contributed by atoms with van der Waals surface area (Å²) >= 11 is 1.17. The fraction of sp³-hybridized carbons (Fsp3) is 0.421. The minimum atomic E-state index is -3.58. The van der Waals surface area contributed by atoms with E-state index in [9.17, 15) is 13.2 Å². The van der Waals surface area contributed by atoms with Gasteiger partial charge in [0.2, 0.25) is 10.0 Å². The smallest absolute Gasteiger partial charge is 0.263 e. The minimum absolute atomic E-state index is 0.179. The molecule has 1 aliphatic rings. The van der Waals surface area contributed by atoms with Gasteiger partial charge in [0.05, 0.1) is 9.77 Å². The number of aryl methyl sites for hydroxylation is 1. The van der Waals surface area contributed by atoms with E-state index in [0.717, 1.165) is 0 Å². The normalized spacial score (nSPS) is 15.8. The molecule has 0 bridgehead atoms. The molecule has 1 aromatic carbocycles. The average molecular weight is 408 g/mol. The quantitative estimate of drug-likeness (QED) is 0.782. The Kier molecular flexibility index (Phi) is 5.60. The first-order valence-corrected chi connectivity index (χ1v) is 11.2. The summed E-state index contributed by atoms with van der Waals surface area (Å²) in [5.41, 5.74) is 3.64. The van der Waals surface area contributed by atoms with Crippen molar-refractivity contribution in [2.24, 2.45) is 0 Å². The maximum Gasteiger partial charge on any atom is 0.263 e. The van der Waals surface area contributed by atoms with Crippen molar-refractivity contribution < 1.29 is 13.2 Å². The number of rotatable bonds is 4. The monoisotopic (exact) mass is 407 g/mol. The topological polar surface area (TPSA) is 60.9 Å². The molecule has 2 heterocycles. The molecule has 8 heteroatoms. The number of piperazine rings is 1. The van der Waals surface area contributed by atoms with Crippen LogP contribution in [0.5, 0.6) is 0 Å². The molecule has 3 rings (SSSR count). The molecule has 1 aliphatic heterocycles. The van der Waals surface area contributed by atoms with Crippen molar-refractivity contribution in [2.75, 3.05) is 45.2 Å². The molecule has 1 aromatic heterocycles. The van der Waals surface area contributed by atoms with E-state index in [-0.39, 0.29) is 10.8 Å². The highest BCUT2D eigenvalue weighted by Crippen LogP contribution is 2.27. The number of thiophene rings is 1. The Bertz CT molecular complexity index is 943. The lowest BCUT2D eigenvalue weighted by molar-refractivity contribution is 0.0832. The highest BCUT2D eigenvalue weighted by molar-refractivity contribution is 7.89. The van der Waals surface area contributed by atoms with E-state index >= 15 is 0 Å². The van der Waals surface area contributed by atoms with E-state index in [1.54, 1.807) is 19.5 Å². The standard InChI is InChI=1S/C19H25N3O3S2/c1-14-6-5-7-17(15(14)2)21-8-10-22(11-9-21)27(24,25)16-12-18(26-13-16)19(23)20(3)4/h5-7,12-13H,8-11H2,1-4H3. The summed E-state index contributed by atoms with van der Waals surface area (Å²) in [6, 6.07) is 7.70. The summed E-state index contributed by atoms with van der Waals surface area (Å²) in [5, 5.41) is 1.56. The summed E-state index contributed by atoms with van der Waals surface area (Å²) < 4.78 is 27.4. The van der Waals surface area contributed by atoms with Gasteiger partial charge >= 0.3 is 0 Å². The molecule has 0 atom stereocenters. The van der Waals surface area contributed by atoms with E-state index in [1.165, 1.54) is 43.4 Å². The summed E-state index contributed by atoms with van der Waals surface area (Å²) in [4.78, 5) is 16.4. The van der Waals surface area contributed by atoms with Crippen LogP contribution in [0.4, 0.5) is 5.69 Å². The van der Waals surface area contributed by atoms with Crippen molar-refractivity contribution in [3.05, 3.63) is 45.6 Å². The van der Waals surface area contributed by atoms with Crippen LogP contribution in [-0.2, 0) is 10.0 Å². The molecule has 0 spiro atoms. The highest BCUT2D eigenvalue weighted by atomic mass is 32.2. The van der Waals surface area contributed by atoms with Gasteiger partial charge in [-0.1, -0.05) is 12.1 Å². The largest absolute Gasteiger partial charge is 0.369 e. The van der Waals surface area contributed by atoms with Crippen LogP contribution in [0.1, 0.15) is 20.8 Å². The van der Waals surface area contributed by atoms with E-state index in [2.05, 4.69) is 30.9 Å². The molecule has 0 N–H and O–H groups in total. The van der Waals surface area contributed by atoms with Crippen LogP contribution in [0.25, 0.3) is 0 Å². The van der Waals surface area contributed by atoms with E-state index in [0.29, 0.717) is 31.1 Å². The van der Waals surface area contributed by atoms with Gasteiger partial charge in [0, 0.05) is 51.3 Å². The molecule has 0 saturated carbocycles. The third kappa shape index (κ3) is 3.88. The van der Waals surface area contributed by atoms with Crippen LogP contribution in [0.3, 0.4) is 0 Å². The second-order valence-corrected chi connectivity index (χ2v) is 9.81. The third-order valence-corrected chi connectivity index (χ3v) is 7.93. The van der Waals surface area contributed by atoms with Crippen LogP contribution in [-0.4, -0.2) is 63.8 Å². The SMILES string of the molecule is Cc1cccc(N2CCN(S(=O)(=O)c3csc(C(=O)N(C)C)c3)CC2)c1C. The first kappa shape index (κ1) is 19.9. The zero-order chi connectivity index (χ0) is 19.8. The summed E-state index contributed by atoms with van der Waals surface area (Å²) in [6.07, 6.45) is 0. The number of carbonyl (C=O) groups is 1. The van der Waals surface area contributed by atoms with Gasteiger partial charge in [-0.05, 0) is 37.1 Å². The van der Waals surface area contributed by atoms with Crippen molar-refractivity contribution in [3.63, 3.8) is 0 Å². The third-order valence-electron chi connectivity index (χ3n) is 4.99. The summed E-state index contributed by atoms with van der Waals surface area (Å²) in [5.74, 6) is -0.179. The van der Waals surface area contributed by atoms with Crippen LogP contribution in [0, 0.1) is 13.8 Å². The number of sulfonamides is 1. The van der Waals surface area contributed by atoms with Crippen molar-refractivity contribution in [1.29, 1.82) is 0 Å². The van der Waals surface area contributed by atoms with Crippen molar-refractivity contribution >= 4 is 33.0 Å². The van der Waals surface area contributed by atoms with E-state index in [4.69, 9.17) is 0 Å². The first-order chi connectivity index (χ1) is 12.7. The number of hydrogen-bond acceptors (Lipinski definition) is 5. The molecule has 1 saturated heterocycles. The van der Waals surface area contributed by atoms with E-state index < -0.39 is 10.0 Å². The Balaban J connectivity index is 1.73. The number of anilines is 1. The Morgan fingerprint density at radius 3 is 2.41 bits per heavy atom. The second kappa shape index (κ2) is 7.61. The van der Waals surface area contributed by atoms with Crippen molar-refractivity contribution in [3.8, 4) is 0 Å². The molecular weight excluding hydrogens is 382 g/mol. The summed E-state index contributed by atoms with van der Waals surface area (Å²) in [7, 11) is -0.267. The van der Waals surface area contributed by atoms with Crippen molar-refractivity contribution in [1.82, 2.24) is 9.21 Å². The molecule has 0 unspecified atom stereocenters. The maximum atomic E-state index is 12.9. The zero-order valence-electron chi connectivity index (χ0n) is 16.1. The molecule has 1 amide bonds. The number of carbonyl (C=O) groups excluding carboxylic acids is 1. The Labute approximate surface area is 165 Å². The van der Waals surface area contributed by atoms with Gasteiger partial charge in [-0.3, -0.25) is 4.79 Å². The Morgan fingerprint density at radius 2 is 1.78 bits per heavy atom. The second-order valence-electron chi connectivity index (χ2n) is 6.96. The van der Waals surface area contributed by atoms with Gasteiger partial charge in [0.15, 0.2) is 0 Å². The molecule has 2 aromatic rings.